The van der Waals surface area contributed by atoms with Gasteiger partial charge in [0.25, 0.3) is 5.91 Å². The van der Waals surface area contributed by atoms with E-state index in [-0.39, 0.29) is 11.7 Å². The monoisotopic (exact) mass is 420 g/mol. The number of benzene rings is 2. The molecule has 0 saturated carbocycles. The number of para-hydroxylation sites is 2. The first-order valence-electron chi connectivity index (χ1n) is 9.18. The smallest absolute Gasteiger partial charge is 0.250 e. The van der Waals surface area contributed by atoms with Crippen LogP contribution in [-0.2, 0) is 11.3 Å². The normalized spacial score (nSPS) is 11.3. The molecule has 0 radical (unpaired) electrons. The molecule has 0 bridgehead atoms. The van der Waals surface area contributed by atoms with E-state index >= 15 is 0 Å². The summed E-state index contributed by atoms with van der Waals surface area (Å²) in [5, 5.41) is 6.81. The quantitative estimate of drug-likeness (QED) is 0.268. The van der Waals surface area contributed by atoms with Gasteiger partial charge in [0.1, 0.15) is 0 Å². The minimum absolute atomic E-state index is 0.156. The van der Waals surface area contributed by atoms with Crippen LogP contribution in [0.15, 0.2) is 76.3 Å². The topological polar surface area (TPSA) is 59.3 Å². The van der Waals surface area contributed by atoms with E-state index in [0.717, 1.165) is 21.1 Å². The number of imidazole rings is 1. The van der Waals surface area contributed by atoms with Crippen LogP contribution in [0.4, 0.5) is 0 Å². The van der Waals surface area contributed by atoms with Crippen molar-refractivity contribution in [2.45, 2.75) is 18.6 Å². The fourth-order valence-electron chi connectivity index (χ4n) is 2.89. The number of thiophene rings is 1. The lowest BCUT2D eigenvalue weighted by Gasteiger charge is -2.09. The number of carbonyl (C=O) groups excluding carboxylic acids is 1. The van der Waals surface area contributed by atoms with Crippen molar-refractivity contribution in [2.24, 2.45) is 5.10 Å². The number of hydrogen-bond acceptors (Lipinski definition) is 5. The maximum absolute atomic E-state index is 12.2. The minimum atomic E-state index is -0.156. The molecule has 2 aromatic heterocycles. The van der Waals surface area contributed by atoms with Gasteiger partial charge in [-0.05, 0) is 36.1 Å². The molecule has 1 amide bonds. The van der Waals surface area contributed by atoms with Crippen LogP contribution < -0.4 is 5.43 Å². The molecule has 2 aromatic carbocycles. The summed E-state index contributed by atoms with van der Waals surface area (Å²) in [6, 6.07) is 20.4. The molecule has 0 aliphatic rings. The first-order chi connectivity index (χ1) is 14.2. The summed E-state index contributed by atoms with van der Waals surface area (Å²) in [6.07, 6.45) is 1.65. The zero-order chi connectivity index (χ0) is 20.1. The fraction of sp³-hybridized carbons (Fsp3) is 0.136. The van der Waals surface area contributed by atoms with E-state index in [9.17, 15) is 4.79 Å². The average Bonchev–Trinajstić information content (AvgIpc) is 3.36. The number of hydrogen-bond donors (Lipinski definition) is 1. The maximum atomic E-state index is 12.2. The Morgan fingerprint density at radius 3 is 2.79 bits per heavy atom. The van der Waals surface area contributed by atoms with E-state index in [1.165, 1.54) is 22.9 Å². The van der Waals surface area contributed by atoms with Crippen molar-refractivity contribution in [1.82, 2.24) is 15.0 Å². The first kappa shape index (κ1) is 19.4. The number of aromatic nitrogens is 2. The molecule has 0 atom stereocenters. The Morgan fingerprint density at radius 1 is 1.17 bits per heavy atom. The van der Waals surface area contributed by atoms with Gasteiger partial charge in [0.2, 0.25) is 0 Å². The highest BCUT2D eigenvalue weighted by Gasteiger charge is 2.13. The molecule has 4 aromatic rings. The number of hydrazone groups is 1. The van der Waals surface area contributed by atoms with Crippen LogP contribution in [0.2, 0.25) is 0 Å². The van der Waals surface area contributed by atoms with Gasteiger partial charge in [-0.1, -0.05) is 59.8 Å². The number of nitrogens with zero attached hydrogens (tertiary/aromatic N) is 3. The van der Waals surface area contributed by atoms with Crippen LogP contribution in [0, 0.1) is 6.92 Å². The second kappa shape index (κ2) is 9.07. The Bertz CT molecular complexity index is 1130. The third kappa shape index (κ3) is 4.93. The zero-order valence-electron chi connectivity index (χ0n) is 15.9. The second-order valence-electron chi connectivity index (χ2n) is 6.55. The number of rotatable bonds is 7. The average molecular weight is 421 g/mol. The van der Waals surface area contributed by atoms with Crippen LogP contribution in [-0.4, -0.2) is 27.4 Å². The maximum Gasteiger partial charge on any atom is 0.250 e. The minimum Gasteiger partial charge on any atom is -0.314 e. The molecule has 146 valence electrons. The Hall–Kier alpha value is -2.90. The molecule has 0 aliphatic carbocycles. The molecule has 0 aliphatic heterocycles. The Balaban J connectivity index is 1.47. The fourth-order valence-corrected chi connectivity index (χ4v) is 4.28. The van der Waals surface area contributed by atoms with Gasteiger partial charge in [0.15, 0.2) is 5.16 Å². The summed E-state index contributed by atoms with van der Waals surface area (Å²) in [4.78, 5) is 17.9. The molecule has 0 spiro atoms. The highest BCUT2D eigenvalue weighted by molar-refractivity contribution is 7.99. The van der Waals surface area contributed by atoms with Crippen molar-refractivity contribution < 1.29 is 4.79 Å². The van der Waals surface area contributed by atoms with E-state index in [2.05, 4.69) is 52.3 Å². The van der Waals surface area contributed by atoms with Crippen LogP contribution in [0.3, 0.4) is 0 Å². The van der Waals surface area contributed by atoms with Crippen LogP contribution in [0.1, 0.15) is 16.0 Å². The summed E-state index contributed by atoms with van der Waals surface area (Å²) in [6.45, 7) is 2.79. The summed E-state index contributed by atoms with van der Waals surface area (Å²) in [5.74, 6) is 0.0932. The van der Waals surface area contributed by atoms with E-state index in [1.807, 2.05) is 35.7 Å². The van der Waals surface area contributed by atoms with Gasteiger partial charge in [-0.25, -0.2) is 10.4 Å². The van der Waals surface area contributed by atoms with E-state index in [0.29, 0.717) is 6.54 Å². The number of carbonyl (C=O) groups is 1. The standard InChI is InChI=1S/C22H20N4OS2/c1-16-8-10-17(11-9-16)14-26-20-7-3-2-6-19(20)24-22(26)29-15-21(27)25-23-13-18-5-4-12-28-18/h2-13H,14-15H2,1H3,(H,25,27)/b23-13-. The van der Waals surface area contributed by atoms with Gasteiger partial charge < -0.3 is 4.57 Å². The van der Waals surface area contributed by atoms with Crippen molar-refractivity contribution in [3.05, 3.63) is 82.0 Å². The first-order valence-corrected chi connectivity index (χ1v) is 11.0. The molecular weight excluding hydrogens is 400 g/mol. The van der Waals surface area contributed by atoms with Crippen molar-refractivity contribution in [3.63, 3.8) is 0 Å². The zero-order valence-corrected chi connectivity index (χ0v) is 17.5. The summed E-state index contributed by atoms with van der Waals surface area (Å²) in [7, 11) is 0. The molecular formula is C22H20N4OS2. The van der Waals surface area contributed by atoms with Crippen molar-refractivity contribution >= 4 is 46.3 Å². The molecule has 0 fully saturated rings. The Kier molecular flexibility index (Phi) is 6.07. The molecule has 1 N–H and O–H groups in total. The number of aryl methyl sites for hydroxylation is 1. The summed E-state index contributed by atoms with van der Waals surface area (Å²) >= 11 is 2.99. The van der Waals surface area contributed by atoms with E-state index in [4.69, 9.17) is 4.98 Å². The predicted molar refractivity (Wildman–Crippen MR) is 121 cm³/mol. The third-order valence-electron chi connectivity index (χ3n) is 4.34. The van der Waals surface area contributed by atoms with Gasteiger partial charge in [-0.3, -0.25) is 4.79 Å². The molecule has 0 saturated heterocycles. The summed E-state index contributed by atoms with van der Waals surface area (Å²) < 4.78 is 2.16. The van der Waals surface area contributed by atoms with Crippen molar-refractivity contribution in [1.29, 1.82) is 0 Å². The van der Waals surface area contributed by atoms with Gasteiger partial charge in [-0.15, -0.1) is 11.3 Å². The highest BCUT2D eigenvalue weighted by atomic mass is 32.2. The molecule has 4 rings (SSSR count). The lowest BCUT2D eigenvalue weighted by molar-refractivity contribution is -0.118. The second-order valence-corrected chi connectivity index (χ2v) is 8.47. The van der Waals surface area contributed by atoms with Crippen molar-refractivity contribution in [3.8, 4) is 0 Å². The van der Waals surface area contributed by atoms with Crippen LogP contribution in [0.25, 0.3) is 11.0 Å². The van der Waals surface area contributed by atoms with Crippen LogP contribution >= 0.6 is 23.1 Å². The summed E-state index contributed by atoms with van der Waals surface area (Å²) in [5.41, 5.74) is 7.00. The van der Waals surface area contributed by atoms with Crippen LogP contribution in [0.5, 0.6) is 0 Å². The molecule has 2 heterocycles. The lowest BCUT2D eigenvalue weighted by atomic mass is 10.1. The Morgan fingerprint density at radius 2 is 2.00 bits per heavy atom. The van der Waals surface area contributed by atoms with Gasteiger partial charge >= 0.3 is 0 Å². The number of fused-ring (bicyclic) bond motifs is 1. The SMILES string of the molecule is Cc1ccc(Cn2c(SCC(=O)N/N=C\c3cccs3)nc3ccccc32)cc1. The van der Waals surface area contributed by atoms with Gasteiger partial charge in [-0.2, -0.15) is 5.10 Å². The van der Waals surface area contributed by atoms with Gasteiger partial charge in [0.05, 0.1) is 29.5 Å². The van der Waals surface area contributed by atoms with Gasteiger partial charge in [0, 0.05) is 4.88 Å². The Labute approximate surface area is 177 Å². The lowest BCUT2D eigenvalue weighted by Crippen LogP contribution is -2.20. The molecule has 7 heteroatoms. The van der Waals surface area contributed by atoms with Crippen molar-refractivity contribution in [2.75, 3.05) is 5.75 Å². The number of thioether (sulfide) groups is 1. The number of amides is 1. The predicted octanol–water partition coefficient (Wildman–Crippen LogP) is 4.70. The van der Waals surface area contributed by atoms with E-state index < -0.39 is 0 Å². The largest absolute Gasteiger partial charge is 0.314 e. The molecule has 0 unspecified atom stereocenters. The van der Waals surface area contributed by atoms with E-state index in [1.54, 1.807) is 17.6 Å². The number of nitrogens with one attached hydrogen (secondary N) is 1. The molecule has 5 nitrogen and oxygen atoms in total. The third-order valence-corrected chi connectivity index (χ3v) is 6.12. The highest BCUT2D eigenvalue weighted by Crippen LogP contribution is 2.25. The molecule has 29 heavy (non-hydrogen) atoms.